The predicted octanol–water partition coefficient (Wildman–Crippen LogP) is 4.05. The molecule has 3 rings (SSSR count). The number of nitrogens with zero attached hydrogens (tertiary/aromatic N) is 3. The molecule has 8 heteroatoms. The lowest BCUT2D eigenvalue weighted by Crippen LogP contribution is -2.12. The molecular weight excluding hydrogens is 378 g/mol. The molecule has 0 N–H and O–H groups in total. The second-order valence-electron chi connectivity index (χ2n) is 5.14. The number of aromatic nitrogens is 3. The molecule has 7 nitrogen and oxygen atoms in total. The number of fused-ring (bicyclic) bond motifs is 1. The summed E-state index contributed by atoms with van der Waals surface area (Å²) in [6.07, 6.45) is 2.83. The summed E-state index contributed by atoms with van der Waals surface area (Å²) in [6.45, 7) is 10.5. The van der Waals surface area contributed by atoms with E-state index in [-0.39, 0.29) is 4.90 Å². The van der Waals surface area contributed by atoms with Crippen molar-refractivity contribution in [1.82, 2.24) is 13.9 Å². The summed E-state index contributed by atoms with van der Waals surface area (Å²) in [7, 11) is -2.16. The molecule has 154 valence electrons. The standard InChI is InChI=1S/C16H17N3O4S.2C2H6/c1-12-10-19(24(20,21)13-6-4-3-5-7-13)15-14(12)16(18-11-17-15)23-9-8-22-2;2*1-2/h3-7,10-11H,8-9H2,1-2H3;2*1-2H3. The molecule has 28 heavy (non-hydrogen) atoms. The molecule has 1 aromatic carbocycles. The van der Waals surface area contributed by atoms with Crippen LogP contribution in [0.15, 0.2) is 47.8 Å². The lowest BCUT2D eigenvalue weighted by molar-refractivity contribution is 0.144. The smallest absolute Gasteiger partial charge is 0.269 e. The first-order chi connectivity index (χ1) is 13.6. The van der Waals surface area contributed by atoms with Gasteiger partial charge in [-0.15, -0.1) is 0 Å². The van der Waals surface area contributed by atoms with Gasteiger partial charge in [0.1, 0.15) is 12.9 Å². The summed E-state index contributed by atoms with van der Waals surface area (Å²) in [4.78, 5) is 8.45. The van der Waals surface area contributed by atoms with Crippen molar-refractivity contribution in [2.24, 2.45) is 0 Å². The second kappa shape index (κ2) is 11.4. The van der Waals surface area contributed by atoms with E-state index in [9.17, 15) is 8.42 Å². The van der Waals surface area contributed by atoms with Crippen molar-refractivity contribution >= 4 is 21.1 Å². The van der Waals surface area contributed by atoms with Gasteiger partial charge in [0.05, 0.1) is 16.9 Å². The van der Waals surface area contributed by atoms with Crippen LogP contribution in [0.4, 0.5) is 0 Å². The zero-order valence-electron chi connectivity index (χ0n) is 17.3. The van der Waals surface area contributed by atoms with E-state index >= 15 is 0 Å². The van der Waals surface area contributed by atoms with Gasteiger partial charge >= 0.3 is 0 Å². The fourth-order valence-electron chi connectivity index (χ4n) is 2.39. The first-order valence-electron chi connectivity index (χ1n) is 9.30. The van der Waals surface area contributed by atoms with E-state index in [1.54, 1.807) is 44.4 Å². The Morgan fingerprint density at radius 1 is 1.00 bits per heavy atom. The summed E-state index contributed by atoms with van der Waals surface area (Å²) in [5, 5.41) is 0.577. The van der Waals surface area contributed by atoms with E-state index in [0.717, 1.165) is 9.54 Å². The average molecular weight is 408 g/mol. The van der Waals surface area contributed by atoms with Crippen LogP contribution in [0.3, 0.4) is 0 Å². The molecule has 0 unspecified atom stereocenters. The van der Waals surface area contributed by atoms with Gasteiger partial charge in [0.25, 0.3) is 10.0 Å². The van der Waals surface area contributed by atoms with Crippen molar-refractivity contribution in [3.8, 4) is 5.88 Å². The fourth-order valence-corrected chi connectivity index (χ4v) is 3.79. The van der Waals surface area contributed by atoms with Crippen molar-refractivity contribution in [2.45, 2.75) is 39.5 Å². The van der Waals surface area contributed by atoms with Crippen LogP contribution in [0.1, 0.15) is 33.3 Å². The first kappa shape index (κ1) is 23.6. The SMILES string of the molecule is CC.CC.COCCOc1ncnc2c1c(C)cn2S(=O)(=O)c1ccccc1. The molecule has 0 amide bonds. The van der Waals surface area contributed by atoms with Crippen LogP contribution in [0, 0.1) is 6.92 Å². The number of hydrogen-bond acceptors (Lipinski definition) is 6. The van der Waals surface area contributed by atoms with Crippen LogP contribution in [0.2, 0.25) is 0 Å². The highest BCUT2D eigenvalue weighted by Gasteiger charge is 2.23. The van der Waals surface area contributed by atoms with Gasteiger partial charge in [-0.2, -0.15) is 0 Å². The molecule has 0 aliphatic carbocycles. The van der Waals surface area contributed by atoms with Gasteiger partial charge in [0.2, 0.25) is 5.88 Å². The third-order valence-corrected chi connectivity index (χ3v) is 5.20. The summed E-state index contributed by atoms with van der Waals surface area (Å²) >= 11 is 0. The van der Waals surface area contributed by atoms with E-state index < -0.39 is 10.0 Å². The fraction of sp³-hybridized carbons (Fsp3) is 0.400. The van der Waals surface area contributed by atoms with Gasteiger partial charge in [-0.25, -0.2) is 22.4 Å². The van der Waals surface area contributed by atoms with E-state index in [4.69, 9.17) is 9.47 Å². The van der Waals surface area contributed by atoms with Crippen molar-refractivity contribution in [3.63, 3.8) is 0 Å². The van der Waals surface area contributed by atoms with Crippen LogP contribution in [-0.4, -0.2) is 42.7 Å². The minimum Gasteiger partial charge on any atom is -0.475 e. The third kappa shape index (κ3) is 5.08. The molecule has 0 saturated heterocycles. The van der Waals surface area contributed by atoms with Gasteiger partial charge in [-0.1, -0.05) is 45.9 Å². The molecule has 2 heterocycles. The van der Waals surface area contributed by atoms with E-state index in [1.807, 2.05) is 27.7 Å². The lowest BCUT2D eigenvalue weighted by atomic mass is 10.3. The number of ether oxygens (including phenoxy) is 2. The Morgan fingerprint density at radius 2 is 1.64 bits per heavy atom. The highest BCUT2D eigenvalue weighted by Crippen LogP contribution is 2.29. The number of aryl methyl sites for hydroxylation is 1. The Kier molecular flexibility index (Phi) is 9.61. The summed E-state index contributed by atoms with van der Waals surface area (Å²) in [5.74, 6) is 0.344. The van der Waals surface area contributed by atoms with Gasteiger partial charge in [-0.3, -0.25) is 0 Å². The van der Waals surface area contributed by atoms with E-state index in [2.05, 4.69) is 9.97 Å². The minimum absolute atomic E-state index is 0.197. The summed E-state index contributed by atoms with van der Waals surface area (Å²) in [5.41, 5.74) is 1.01. The van der Waals surface area contributed by atoms with Gasteiger partial charge < -0.3 is 9.47 Å². The van der Waals surface area contributed by atoms with Crippen molar-refractivity contribution in [1.29, 1.82) is 0 Å². The molecule has 0 atom stereocenters. The van der Waals surface area contributed by atoms with Crippen LogP contribution >= 0.6 is 0 Å². The average Bonchev–Trinajstić information content (AvgIpc) is 3.10. The zero-order chi connectivity index (χ0) is 21.2. The summed E-state index contributed by atoms with van der Waals surface area (Å²) in [6, 6.07) is 8.22. The Bertz CT molecular complexity index is 954. The largest absolute Gasteiger partial charge is 0.475 e. The van der Waals surface area contributed by atoms with Crippen molar-refractivity contribution < 1.29 is 17.9 Å². The first-order valence-corrected chi connectivity index (χ1v) is 10.7. The quantitative estimate of drug-likeness (QED) is 0.573. The molecule has 0 spiro atoms. The van der Waals surface area contributed by atoms with E-state index in [0.29, 0.717) is 30.1 Å². The topological polar surface area (TPSA) is 83.3 Å². The van der Waals surface area contributed by atoms with Crippen LogP contribution in [0.5, 0.6) is 5.88 Å². The number of benzene rings is 1. The van der Waals surface area contributed by atoms with Crippen molar-refractivity contribution in [2.75, 3.05) is 20.3 Å². The molecule has 0 radical (unpaired) electrons. The van der Waals surface area contributed by atoms with Gasteiger partial charge in [0.15, 0.2) is 5.65 Å². The van der Waals surface area contributed by atoms with Gasteiger partial charge in [0, 0.05) is 13.3 Å². The zero-order valence-corrected chi connectivity index (χ0v) is 18.2. The Labute approximate surface area is 167 Å². The normalized spacial score (nSPS) is 10.5. The Balaban J connectivity index is 0.000000921. The highest BCUT2D eigenvalue weighted by molar-refractivity contribution is 7.90. The molecule has 0 aliphatic rings. The minimum atomic E-state index is -3.74. The second-order valence-corrected chi connectivity index (χ2v) is 6.96. The summed E-state index contributed by atoms with van der Waals surface area (Å²) < 4.78 is 37.5. The maximum atomic E-state index is 12.9. The van der Waals surface area contributed by atoms with E-state index in [1.165, 1.54) is 12.5 Å². The molecule has 3 aromatic rings. The maximum Gasteiger partial charge on any atom is 0.269 e. The van der Waals surface area contributed by atoms with Crippen LogP contribution in [0.25, 0.3) is 11.0 Å². The highest BCUT2D eigenvalue weighted by atomic mass is 32.2. The molecule has 0 aliphatic heterocycles. The van der Waals surface area contributed by atoms with Crippen molar-refractivity contribution in [3.05, 3.63) is 48.4 Å². The molecule has 0 fully saturated rings. The van der Waals surface area contributed by atoms with Gasteiger partial charge in [-0.05, 0) is 24.6 Å². The molecule has 0 saturated carbocycles. The van der Waals surface area contributed by atoms with Crippen LogP contribution < -0.4 is 4.74 Å². The lowest BCUT2D eigenvalue weighted by Gasteiger charge is -2.08. The number of methoxy groups -OCH3 is 1. The molecular formula is C20H29N3O4S. The maximum absolute atomic E-state index is 12.9. The number of hydrogen-bond donors (Lipinski definition) is 0. The van der Waals surface area contributed by atoms with Crippen LogP contribution in [-0.2, 0) is 14.8 Å². The Hall–Kier alpha value is -2.45. The monoisotopic (exact) mass is 407 g/mol. The molecule has 2 aromatic heterocycles. The predicted molar refractivity (Wildman–Crippen MR) is 111 cm³/mol. The molecule has 0 bridgehead atoms. The number of rotatable bonds is 6. The Morgan fingerprint density at radius 3 is 2.25 bits per heavy atom. The third-order valence-electron chi connectivity index (χ3n) is 3.53.